The van der Waals surface area contributed by atoms with Crippen molar-refractivity contribution in [2.45, 2.75) is 46.1 Å². The number of fused-ring (bicyclic) bond motifs is 2. The first-order chi connectivity index (χ1) is 9.34. The van der Waals surface area contributed by atoms with Gasteiger partial charge in [-0.2, -0.15) is 0 Å². The van der Waals surface area contributed by atoms with Crippen LogP contribution in [0.25, 0.3) is 0 Å². The van der Waals surface area contributed by atoms with Gasteiger partial charge in [0.2, 0.25) is 0 Å². The molecule has 0 aliphatic heterocycles. The number of carboxylic acids is 1. The summed E-state index contributed by atoms with van der Waals surface area (Å²) in [6.45, 7) is 7.17. The molecule has 2 saturated carbocycles. The van der Waals surface area contributed by atoms with Crippen molar-refractivity contribution in [1.82, 2.24) is 0 Å². The molecule has 0 radical (unpaired) electrons. The summed E-state index contributed by atoms with van der Waals surface area (Å²) in [5.74, 6) is -0.0826. The molecule has 2 fully saturated rings. The molecule has 2 aliphatic rings. The Morgan fingerprint density at radius 3 is 2.65 bits per heavy atom. The maximum absolute atomic E-state index is 11.1. The van der Waals surface area contributed by atoms with E-state index >= 15 is 0 Å². The predicted molar refractivity (Wildman–Crippen MR) is 80.0 cm³/mol. The quantitative estimate of drug-likeness (QED) is 0.874. The van der Waals surface area contributed by atoms with Gasteiger partial charge in [-0.1, -0.05) is 26.8 Å². The Bertz CT molecular complexity index is 552. The lowest BCUT2D eigenvalue weighted by Crippen LogP contribution is -2.40. The Hall–Kier alpha value is -1.51. The fourth-order valence-corrected chi connectivity index (χ4v) is 4.37. The Morgan fingerprint density at radius 1 is 1.35 bits per heavy atom. The summed E-state index contributed by atoms with van der Waals surface area (Å²) in [5, 5.41) is 12.7. The number of rotatable bonds is 3. The smallest absolute Gasteiger partial charge is 0.335 e. The minimum Gasteiger partial charge on any atom is -0.478 e. The highest BCUT2D eigenvalue weighted by atomic mass is 16.4. The maximum atomic E-state index is 11.1. The molecule has 108 valence electrons. The number of carboxylic acid groups (broad SMARTS) is 1. The Balaban J connectivity index is 1.83. The standard InChI is InChI=1S/C17H23NO2/c1-16(2)12-7-8-17(16,3)14(10-12)18-13-6-4-5-11(9-13)15(19)20/h4-6,9,12,14,18H,7-8,10H2,1-3H3,(H,19,20). The third-order valence-corrected chi connectivity index (χ3v) is 6.24. The molecule has 3 atom stereocenters. The monoisotopic (exact) mass is 273 g/mol. The van der Waals surface area contributed by atoms with Crippen molar-refractivity contribution < 1.29 is 9.90 Å². The highest BCUT2D eigenvalue weighted by Gasteiger charge is 2.61. The number of nitrogens with one attached hydrogen (secondary N) is 1. The fraction of sp³-hybridized carbons (Fsp3) is 0.588. The van der Waals surface area contributed by atoms with E-state index in [2.05, 4.69) is 26.1 Å². The van der Waals surface area contributed by atoms with Gasteiger partial charge >= 0.3 is 5.97 Å². The van der Waals surface area contributed by atoms with Crippen LogP contribution in [0.3, 0.4) is 0 Å². The molecule has 2 N–H and O–H groups in total. The summed E-state index contributed by atoms with van der Waals surface area (Å²) in [4.78, 5) is 11.1. The Kier molecular flexibility index (Phi) is 2.86. The van der Waals surface area contributed by atoms with Crippen LogP contribution < -0.4 is 5.32 Å². The molecule has 3 nitrogen and oxygen atoms in total. The van der Waals surface area contributed by atoms with Crippen molar-refractivity contribution in [2.75, 3.05) is 5.32 Å². The molecule has 20 heavy (non-hydrogen) atoms. The number of benzene rings is 1. The second-order valence-corrected chi connectivity index (χ2v) is 7.19. The van der Waals surface area contributed by atoms with E-state index in [1.807, 2.05) is 12.1 Å². The first-order valence-electron chi connectivity index (χ1n) is 7.44. The minimum atomic E-state index is -0.867. The van der Waals surface area contributed by atoms with E-state index in [1.54, 1.807) is 12.1 Å². The molecule has 2 bridgehead atoms. The third-order valence-electron chi connectivity index (χ3n) is 6.24. The molecule has 0 heterocycles. The average Bonchev–Trinajstić information content (AvgIpc) is 2.72. The van der Waals surface area contributed by atoms with Crippen LogP contribution in [0.2, 0.25) is 0 Å². The molecule has 3 rings (SSSR count). The van der Waals surface area contributed by atoms with Crippen LogP contribution >= 0.6 is 0 Å². The van der Waals surface area contributed by atoms with E-state index < -0.39 is 5.97 Å². The van der Waals surface area contributed by atoms with Gasteiger partial charge in [0, 0.05) is 11.7 Å². The van der Waals surface area contributed by atoms with E-state index in [0.29, 0.717) is 22.4 Å². The van der Waals surface area contributed by atoms with Gasteiger partial charge in [-0.15, -0.1) is 0 Å². The van der Waals surface area contributed by atoms with Crippen LogP contribution in [0.15, 0.2) is 24.3 Å². The van der Waals surface area contributed by atoms with Crippen molar-refractivity contribution in [3.8, 4) is 0 Å². The lowest BCUT2D eigenvalue weighted by molar-refractivity contribution is 0.0697. The second-order valence-electron chi connectivity index (χ2n) is 7.19. The molecule has 0 saturated heterocycles. The normalized spacial score (nSPS) is 34.1. The Morgan fingerprint density at radius 2 is 2.10 bits per heavy atom. The van der Waals surface area contributed by atoms with Crippen LogP contribution in [-0.2, 0) is 0 Å². The topological polar surface area (TPSA) is 49.3 Å². The van der Waals surface area contributed by atoms with E-state index in [1.165, 1.54) is 19.3 Å². The largest absolute Gasteiger partial charge is 0.478 e. The molecule has 2 aliphatic carbocycles. The second kappa shape index (κ2) is 4.24. The minimum absolute atomic E-state index is 0.302. The number of carbonyl (C=O) groups is 1. The maximum Gasteiger partial charge on any atom is 0.335 e. The zero-order chi connectivity index (χ0) is 14.5. The van der Waals surface area contributed by atoms with Gasteiger partial charge in [0.15, 0.2) is 0 Å². The fourth-order valence-electron chi connectivity index (χ4n) is 4.37. The van der Waals surface area contributed by atoms with Crippen LogP contribution in [0.4, 0.5) is 5.69 Å². The van der Waals surface area contributed by atoms with Crippen LogP contribution in [0, 0.1) is 16.7 Å². The van der Waals surface area contributed by atoms with E-state index in [0.717, 1.165) is 11.6 Å². The van der Waals surface area contributed by atoms with Gasteiger partial charge in [-0.3, -0.25) is 0 Å². The van der Waals surface area contributed by atoms with Gasteiger partial charge in [-0.05, 0) is 54.2 Å². The van der Waals surface area contributed by atoms with Gasteiger partial charge in [0.05, 0.1) is 5.56 Å². The summed E-state index contributed by atoms with van der Waals surface area (Å²) < 4.78 is 0. The zero-order valence-electron chi connectivity index (χ0n) is 12.4. The van der Waals surface area contributed by atoms with Crippen molar-refractivity contribution in [3.05, 3.63) is 29.8 Å². The highest BCUT2D eigenvalue weighted by molar-refractivity contribution is 5.88. The summed E-state index contributed by atoms with van der Waals surface area (Å²) in [6.07, 6.45) is 3.79. The van der Waals surface area contributed by atoms with E-state index in [-0.39, 0.29) is 0 Å². The van der Waals surface area contributed by atoms with Crippen LogP contribution in [0.5, 0.6) is 0 Å². The lowest BCUT2D eigenvalue weighted by atomic mass is 9.69. The number of anilines is 1. The summed E-state index contributed by atoms with van der Waals surface area (Å²) >= 11 is 0. The first-order valence-corrected chi connectivity index (χ1v) is 7.44. The van der Waals surface area contributed by atoms with Crippen molar-refractivity contribution in [1.29, 1.82) is 0 Å². The molecule has 3 heteroatoms. The molecular weight excluding hydrogens is 250 g/mol. The van der Waals surface area contributed by atoms with Crippen LogP contribution in [-0.4, -0.2) is 17.1 Å². The van der Waals surface area contributed by atoms with Gasteiger partial charge < -0.3 is 10.4 Å². The number of aromatic carboxylic acids is 1. The molecule has 1 aromatic carbocycles. The van der Waals surface area contributed by atoms with Crippen LogP contribution in [0.1, 0.15) is 50.4 Å². The SMILES string of the molecule is CC1(C)C2CCC1(C)C(Nc1cccc(C(=O)O)c1)C2. The van der Waals surface area contributed by atoms with Crippen molar-refractivity contribution >= 4 is 11.7 Å². The number of hydrogen-bond donors (Lipinski definition) is 2. The van der Waals surface area contributed by atoms with E-state index in [4.69, 9.17) is 5.11 Å². The molecule has 3 unspecified atom stereocenters. The summed E-state index contributed by atoms with van der Waals surface area (Å²) in [7, 11) is 0. The zero-order valence-corrected chi connectivity index (χ0v) is 12.4. The number of hydrogen-bond acceptors (Lipinski definition) is 2. The third kappa shape index (κ3) is 1.75. The lowest BCUT2D eigenvalue weighted by Gasteiger charge is -2.40. The summed E-state index contributed by atoms with van der Waals surface area (Å²) in [5.41, 5.74) is 1.95. The van der Waals surface area contributed by atoms with Gasteiger partial charge in [-0.25, -0.2) is 4.79 Å². The van der Waals surface area contributed by atoms with E-state index in [9.17, 15) is 4.79 Å². The van der Waals surface area contributed by atoms with Crippen molar-refractivity contribution in [3.63, 3.8) is 0 Å². The van der Waals surface area contributed by atoms with Crippen molar-refractivity contribution in [2.24, 2.45) is 16.7 Å². The highest BCUT2D eigenvalue weighted by Crippen LogP contribution is 2.65. The molecule has 0 amide bonds. The average molecular weight is 273 g/mol. The molecular formula is C17H23NO2. The molecule has 0 aromatic heterocycles. The first kappa shape index (κ1) is 13.5. The van der Waals surface area contributed by atoms with Gasteiger partial charge in [0.1, 0.15) is 0 Å². The predicted octanol–water partition coefficient (Wildman–Crippen LogP) is 4.01. The molecule has 0 spiro atoms. The van der Waals surface area contributed by atoms with Gasteiger partial charge in [0.25, 0.3) is 0 Å². The Labute approximate surface area is 120 Å². The summed E-state index contributed by atoms with van der Waals surface area (Å²) in [6, 6.07) is 7.60. The molecule has 1 aromatic rings.